The summed E-state index contributed by atoms with van der Waals surface area (Å²) in [7, 11) is 1.60. The average Bonchev–Trinajstić information content (AvgIpc) is 2.48. The Morgan fingerprint density at radius 3 is 2.64 bits per heavy atom. The minimum Gasteiger partial charge on any atom is -0.496 e. The predicted octanol–water partition coefficient (Wildman–Crippen LogP) is 5.53. The van der Waals surface area contributed by atoms with Crippen molar-refractivity contribution >= 4 is 61.1 Å². The number of carbonyl (C=O) groups excluding carboxylic acids is 1. The van der Waals surface area contributed by atoms with E-state index in [9.17, 15) is 4.79 Å². The van der Waals surface area contributed by atoms with Crippen LogP contribution in [0.3, 0.4) is 0 Å². The summed E-state index contributed by atoms with van der Waals surface area (Å²) in [4.78, 5) is 11.9. The Morgan fingerprint density at radius 2 is 2.00 bits per heavy atom. The largest absolute Gasteiger partial charge is 0.496 e. The van der Waals surface area contributed by atoms with E-state index in [1.807, 2.05) is 24.3 Å². The smallest absolute Gasteiger partial charge is 0.248 e. The fourth-order valence-corrected chi connectivity index (χ4v) is 3.00. The highest BCUT2D eigenvalue weighted by Gasteiger charge is 2.04. The molecule has 0 bridgehead atoms. The van der Waals surface area contributed by atoms with E-state index < -0.39 is 0 Å². The maximum Gasteiger partial charge on any atom is 0.248 e. The van der Waals surface area contributed by atoms with Gasteiger partial charge in [-0.2, -0.15) is 0 Å². The van der Waals surface area contributed by atoms with Crippen LogP contribution in [-0.2, 0) is 4.79 Å². The van der Waals surface area contributed by atoms with Gasteiger partial charge in [-0.05, 0) is 57.9 Å². The average molecular weight is 446 g/mol. The summed E-state index contributed by atoms with van der Waals surface area (Å²) in [5.41, 5.74) is 1.44. The monoisotopic (exact) mass is 443 g/mol. The second-order valence-electron chi connectivity index (χ2n) is 4.34. The number of hydrogen-bond donors (Lipinski definition) is 1. The molecule has 0 saturated carbocycles. The molecule has 0 aliphatic heterocycles. The Labute approximate surface area is 150 Å². The van der Waals surface area contributed by atoms with Crippen LogP contribution in [0.25, 0.3) is 6.08 Å². The Kier molecular flexibility index (Phi) is 6.06. The quantitative estimate of drug-likeness (QED) is 0.629. The lowest BCUT2D eigenvalue weighted by atomic mass is 10.2. The fraction of sp³-hybridized carbons (Fsp3) is 0.0625. The molecule has 6 heteroatoms. The molecule has 0 spiro atoms. The molecule has 3 nitrogen and oxygen atoms in total. The van der Waals surface area contributed by atoms with Gasteiger partial charge in [0.05, 0.1) is 22.3 Å². The van der Waals surface area contributed by atoms with Crippen molar-refractivity contribution in [1.82, 2.24) is 0 Å². The molecule has 0 saturated heterocycles. The summed E-state index contributed by atoms with van der Waals surface area (Å²) in [6.07, 6.45) is 3.17. The van der Waals surface area contributed by atoms with Crippen molar-refractivity contribution in [2.45, 2.75) is 0 Å². The molecule has 0 heterocycles. The number of halogens is 3. The summed E-state index contributed by atoms with van der Waals surface area (Å²) < 4.78 is 6.84. The zero-order valence-corrected chi connectivity index (χ0v) is 15.5. The van der Waals surface area contributed by atoms with Crippen molar-refractivity contribution in [2.24, 2.45) is 0 Å². The van der Waals surface area contributed by atoms with Crippen molar-refractivity contribution in [3.63, 3.8) is 0 Å². The van der Waals surface area contributed by atoms with Crippen LogP contribution in [0.5, 0.6) is 5.75 Å². The lowest BCUT2D eigenvalue weighted by Gasteiger charge is -2.05. The van der Waals surface area contributed by atoms with E-state index in [1.54, 1.807) is 25.3 Å². The summed E-state index contributed by atoms with van der Waals surface area (Å²) in [5, 5.41) is 3.21. The molecule has 0 aliphatic carbocycles. The summed E-state index contributed by atoms with van der Waals surface area (Å²) in [6.45, 7) is 0. The third kappa shape index (κ3) is 4.60. The first-order valence-electron chi connectivity index (χ1n) is 6.27. The number of rotatable bonds is 4. The standard InChI is InChI=1S/C16H12Br2ClNO2/c1-22-15-6-2-10(8-12(15)18)3-7-16(21)20-14-5-4-11(17)9-13(14)19/h2-9H,1H3,(H,20,21)/b7-3+. The van der Waals surface area contributed by atoms with Crippen LogP contribution in [0, 0.1) is 0 Å². The Balaban J connectivity index is 2.06. The van der Waals surface area contributed by atoms with Crippen molar-refractivity contribution in [3.8, 4) is 5.75 Å². The highest BCUT2D eigenvalue weighted by Crippen LogP contribution is 2.27. The molecule has 2 rings (SSSR count). The normalized spacial score (nSPS) is 10.7. The van der Waals surface area contributed by atoms with Gasteiger partial charge < -0.3 is 10.1 Å². The number of methoxy groups -OCH3 is 1. The molecule has 2 aromatic rings. The molecule has 22 heavy (non-hydrogen) atoms. The highest BCUT2D eigenvalue weighted by atomic mass is 79.9. The Bertz CT molecular complexity index is 732. The van der Waals surface area contributed by atoms with Crippen molar-refractivity contribution in [3.05, 3.63) is 62.0 Å². The maximum atomic E-state index is 11.9. The van der Waals surface area contributed by atoms with Gasteiger partial charge in [-0.15, -0.1) is 0 Å². The van der Waals surface area contributed by atoms with E-state index in [0.717, 1.165) is 20.3 Å². The minimum absolute atomic E-state index is 0.254. The fourth-order valence-electron chi connectivity index (χ4n) is 1.72. The lowest BCUT2D eigenvalue weighted by Crippen LogP contribution is -2.08. The van der Waals surface area contributed by atoms with Crippen LogP contribution in [0.4, 0.5) is 5.69 Å². The molecule has 0 fully saturated rings. The van der Waals surface area contributed by atoms with E-state index in [0.29, 0.717) is 10.7 Å². The second kappa shape index (κ2) is 7.81. The van der Waals surface area contributed by atoms with Crippen LogP contribution in [0.1, 0.15) is 5.56 Å². The number of hydrogen-bond acceptors (Lipinski definition) is 2. The first-order valence-corrected chi connectivity index (χ1v) is 8.23. The number of amides is 1. The zero-order chi connectivity index (χ0) is 16.1. The van der Waals surface area contributed by atoms with E-state index in [1.165, 1.54) is 6.08 Å². The van der Waals surface area contributed by atoms with Gasteiger partial charge in [0, 0.05) is 10.5 Å². The topological polar surface area (TPSA) is 38.3 Å². The Hall–Kier alpha value is -1.30. The third-order valence-corrected chi connectivity index (χ3v) is 4.22. The van der Waals surface area contributed by atoms with Crippen LogP contribution in [0.2, 0.25) is 5.02 Å². The molecule has 0 radical (unpaired) electrons. The second-order valence-corrected chi connectivity index (χ2v) is 6.52. The summed E-state index contributed by atoms with van der Waals surface area (Å²) >= 11 is 12.8. The first kappa shape index (κ1) is 17.1. The lowest BCUT2D eigenvalue weighted by molar-refractivity contribution is -0.111. The predicted molar refractivity (Wildman–Crippen MR) is 97.5 cm³/mol. The molecule has 0 aromatic heterocycles. The number of nitrogens with one attached hydrogen (secondary N) is 1. The summed E-state index contributed by atoms with van der Waals surface area (Å²) in [5.74, 6) is 0.486. The molecule has 0 aliphatic rings. The number of benzene rings is 2. The molecule has 0 atom stereocenters. The van der Waals surface area contributed by atoms with Crippen LogP contribution < -0.4 is 10.1 Å². The summed E-state index contributed by atoms with van der Waals surface area (Å²) in [6, 6.07) is 10.8. The third-order valence-electron chi connectivity index (χ3n) is 2.79. The molecular weight excluding hydrogens is 433 g/mol. The van der Waals surface area contributed by atoms with Gasteiger partial charge in [0.15, 0.2) is 0 Å². The van der Waals surface area contributed by atoms with Crippen LogP contribution in [0.15, 0.2) is 51.4 Å². The Morgan fingerprint density at radius 1 is 1.23 bits per heavy atom. The van der Waals surface area contributed by atoms with Crippen molar-refractivity contribution in [2.75, 3.05) is 12.4 Å². The minimum atomic E-state index is -0.254. The van der Waals surface area contributed by atoms with Crippen molar-refractivity contribution in [1.29, 1.82) is 0 Å². The molecule has 0 unspecified atom stereocenters. The highest BCUT2D eigenvalue weighted by molar-refractivity contribution is 9.10. The van der Waals surface area contributed by atoms with Gasteiger partial charge in [-0.1, -0.05) is 33.6 Å². The van der Waals surface area contributed by atoms with E-state index in [4.69, 9.17) is 16.3 Å². The first-order chi connectivity index (χ1) is 10.5. The van der Waals surface area contributed by atoms with E-state index in [-0.39, 0.29) is 5.91 Å². The SMILES string of the molecule is COc1ccc(/C=C/C(=O)Nc2ccc(Br)cc2Cl)cc1Br. The maximum absolute atomic E-state index is 11.9. The zero-order valence-electron chi connectivity index (χ0n) is 11.6. The van der Waals surface area contributed by atoms with Crippen molar-refractivity contribution < 1.29 is 9.53 Å². The molecule has 1 amide bonds. The molecule has 2 aromatic carbocycles. The van der Waals surface area contributed by atoms with Gasteiger partial charge >= 0.3 is 0 Å². The van der Waals surface area contributed by atoms with E-state index in [2.05, 4.69) is 37.2 Å². The molecular formula is C16H12Br2ClNO2. The van der Waals surface area contributed by atoms with Gasteiger partial charge in [-0.3, -0.25) is 4.79 Å². The van der Waals surface area contributed by atoms with Gasteiger partial charge in [-0.25, -0.2) is 0 Å². The van der Waals surface area contributed by atoms with Gasteiger partial charge in [0.2, 0.25) is 5.91 Å². The van der Waals surface area contributed by atoms with Gasteiger partial charge in [0.25, 0.3) is 0 Å². The number of ether oxygens (including phenoxy) is 1. The van der Waals surface area contributed by atoms with Crippen LogP contribution >= 0.6 is 43.5 Å². The number of carbonyl (C=O) groups is 1. The van der Waals surface area contributed by atoms with E-state index >= 15 is 0 Å². The van der Waals surface area contributed by atoms with Gasteiger partial charge in [0.1, 0.15) is 5.75 Å². The number of anilines is 1. The van der Waals surface area contributed by atoms with Crippen LogP contribution in [-0.4, -0.2) is 13.0 Å². The molecule has 114 valence electrons. The molecule has 1 N–H and O–H groups in total.